The van der Waals surface area contributed by atoms with Crippen molar-refractivity contribution in [1.82, 2.24) is 4.98 Å². The molecule has 1 spiro atoms. The third-order valence-corrected chi connectivity index (χ3v) is 10.6. The van der Waals surface area contributed by atoms with E-state index in [2.05, 4.69) is 67.3 Å². The second-order valence-corrected chi connectivity index (χ2v) is 12.8. The van der Waals surface area contributed by atoms with Crippen LogP contribution in [0.15, 0.2) is 107 Å². The number of anilines is 3. The number of hydrogen-bond acceptors (Lipinski definition) is 4. The van der Waals surface area contributed by atoms with Gasteiger partial charge in [0.2, 0.25) is 9.84 Å². The van der Waals surface area contributed by atoms with Gasteiger partial charge < -0.3 is 0 Å². The van der Waals surface area contributed by atoms with E-state index in [0.29, 0.717) is 15.5 Å². The zero-order valence-electron chi connectivity index (χ0n) is 21.3. The number of nitrogens with zero attached hydrogens (tertiary/aromatic N) is 2. The highest BCUT2D eigenvalue weighted by molar-refractivity contribution is 7.92. The smallest absolute Gasteiger partial charge is 0.210 e. The third-order valence-electron chi connectivity index (χ3n) is 8.74. The van der Waals surface area contributed by atoms with Crippen molar-refractivity contribution in [2.45, 2.75) is 47.8 Å². The Balaban J connectivity index is 1.57. The van der Waals surface area contributed by atoms with E-state index >= 15 is 0 Å². The number of aromatic nitrogens is 1. The summed E-state index contributed by atoms with van der Waals surface area (Å²) in [4.78, 5) is 7.80. The molecular formula is C33H26N2O2S. The molecule has 3 aromatic carbocycles. The van der Waals surface area contributed by atoms with Crippen molar-refractivity contribution < 1.29 is 8.42 Å². The van der Waals surface area contributed by atoms with Crippen molar-refractivity contribution in [2.24, 2.45) is 0 Å². The van der Waals surface area contributed by atoms with E-state index in [-0.39, 0.29) is 5.92 Å². The van der Waals surface area contributed by atoms with Gasteiger partial charge in [-0.25, -0.2) is 13.4 Å². The summed E-state index contributed by atoms with van der Waals surface area (Å²) in [5.41, 5.74) is 9.09. The maximum atomic E-state index is 14.2. The van der Waals surface area contributed by atoms with Crippen LogP contribution in [-0.2, 0) is 15.3 Å². The van der Waals surface area contributed by atoms with Gasteiger partial charge in [-0.05, 0) is 76.4 Å². The number of allylic oxidation sites excluding steroid dienone is 4. The molecule has 0 N–H and O–H groups in total. The van der Waals surface area contributed by atoms with E-state index in [1.165, 1.54) is 22.3 Å². The van der Waals surface area contributed by atoms with Gasteiger partial charge in [0, 0.05) is 11.8 Å². The predicted octanol–water partition coefficient (Wildman–Crippen LogP) is 7.59. The molecule has 0 fully saturated rings. The number of benzene rings is 3. The lowest BCUT2D eigenvalue weighted by molar-refractivity contribution is 0.593. The second-order valence-electron chi connectivity index (χ2n) is 10.9. The molecule has 4 aliphatic rings. The van der Waals surface area contributed by atoms with Gasteiger partial charge in [0.1, 0.15) is 5.82 Å². The summed E-state index contributed by atoms with van der Waals surface area (Å²) in [6, 6.07) is 24.4. The topological polar surface area (TPSA) is 50.3 Å². The van der Waals surface area contributed by atoms with Gasteiger partial charge in [-0.1, -0.05) is 74.5 Å². The summed E-state index contributed by atoms with van der Waals surface area (Å²) in [5.74, 6) is 1.07. The SMILES string of the molecule is CC(C)c1ccc2c(c1)N1c3ncccc3C3(C4=C(C=CCC4)c4ccccc43)c3cccc(c31)S2(=O)=O. The van der Waals surface area contributed by atoms with Crippen LogP contribution in [0, 0.1) is 0 Å². The largest absolute Gasteiger partial charge is 0.292 e. The molecule has 1 aromatic heterocycles. The molecule has 3 heterocycles. The van der Waals surface area contributed by atoms with Crippen molar-refractivity contribution in [1.29, 1.82) is 0 Å². The molecule has 38 heavy (non-hydrogen) atoms. The normalized spacial score (nSPS) is 21.2. The van der Waals surface area contributed by atoms with Crippen LogP contribution < -0.4 is 4.90 Å². The van der Waals surface area contributed by atoms with Crippen molar-refractivity contribution in [3.63, 3.8) is 0 Å². The van der Waals surface area contributed by atoms with Crippen LogP contribution >= 0.6 is 0 Å². The van der Waals surface area contributed by atoms with E-state index in [1.54, 1.807) is 12.1 Å². The van der Waals surface area contributed by atoms with E-state index in [4.69, 9.17) is 4.98 Å². The van der Waals surface area contributed by atoms with Crippen molar-refractivity contribution in [3.8, 4) is 0 Å². The number of fused-ring (bicyclic) bond motifs is 10. The number of pyridine rings is 1. The summed E-state index contributed by atoms with van der Waals surface area (Å²) in [6.45, 7) is 4.27. The molecule has 0 bridgehead atoms. The fraction of sp³-hybridized carbons (Fsp3) is 0.182. The highest BCUT2D eigenvalue weighted by Crippen LogP contribution is 2.66. The van der Waals surface area contributed by atoms with Gasteiger partial charge in [0.15, 0.2) is 0 Å². The zero-order valence-corrected chi connectivity index (χ0v) is 22.1. The van der Waals surface area contributed by atoms with Crippen molar-refractivity contribution >= 4 is 32.6 Å². The third kappa shape index (κ3) is 2.46. The molecule has 0 saturated carbocycles. The fourth-order valence-corrected chi connectivity index (χ4v) is 8.79. The highest BCUT2D eigenvalue weighted by atomic mass is 32.2. The number of sulfone groups is 1. The van der Waals surface area contributed by atoms with Gasteiger partial charge in [0.05, 0.1) is 26.6 Å². The Bertz CT molecular complexity index is 1880. The van der Waals surface area contributed by atoms with Crippen LogP contribution in [0.1, 0.15) is 60.4 Å². The number of hydrogen-bond donors (Lipinski definition) is 0. The maximum Gasteiger partial charge on any atom is 0.210 e. The average Bonchev–Trinajstić information content (AvgIpc) is 3.24. The molecule has 8 rings (SSSR count). The minimum Gasteiger partial charge on any atom is -0.292 e. The summed E-state index contributed by atoms with van der Waals surface area (Å²) >= 11 is 0. The Kier molecular flexibility index (Phi) is 4.25. The van der Waals surface area contributed by atoms with Gasteiger partial charge >= 0.3 is 0 Å². The number of para-hydroxylation sites is 1. The first-order chi connectivity index (χ1) is 18.5. The van der Waals surface area contributed by atoms with Crippen LogP contribution in [0.4, 0.5) is 17.2 Å². The zero-order chi connectivity index (χ0) is 25.8. The first kappa shape index (κ1) is 22.1. The Morgan fingerprint density at radius 2 is 1.71 bits per heavy atom. The Hall–Kier alpha value is -3.96. The summed E-state index contributed by atoms with van der Waals surface area (Å²) < 4.78 is 28.4. The molecule has 0 saturated heterocycles. The molecule has 1 atom stereocenters. The molecule has 186 valence electrons. The fourth-order valence-electron chi connectivity index (χ4n) is 7.17. The first-order valence-electron chi connectivity index (χ1n) is 13.2. The van der Waals surface area contributed by atoms with Crippen LogP contribution in [0.2, 0.25) is 0 Å². The van der Waals surface area contributed by atoms with Gasteiger partial charge in [-0.15, -0.1) is 0 Å². The second kappa shape index (κ2) is 7.33. The molecular weight excluding hydrogens is 488 g/mol. The van der Waals surface area contributed by atoms with Crippen LogP contribution in [0.5, 0.6) is 0 Å². The lowest BCUT2D eigenvalue weighted by Crippen LogP contribution is -2.40. The molecule has 4 aromatic rings. The minimum absolute atomic E-state index is 0.266. The minimum atomic E-state index is -3.73. The molecule has 2 aliphatic heterocycles. The predicted molar refractivity (Wildman–Crippen MR) is 150 cm³/mol. The highest BCUT2D eigenvalue weighted by Gasteiger charge is 2.55. The molecule has 0 radical (unpaired) electrons. The summed E-state index contributed by atoms with van der Waals surface area (Å²) in [5, 5.41) is 0. The Morgan fingerprint density at radius 3 is 2.58 bits per heavy atom. The van der Waals surface area contributed by atoms with E-state index in [1.807, 2.05) is 30.5 Å². The molecule has 2 aliphatic carbocycles. The lowest BCUT2D eigenvalue weighted by Gasteiger charge is -2.47. The van der Waals surface area contributed by atoms with E-state index in [9.17, 15) is 8.42 Å². The number of rotatable bonds is 1. The Morgan fingerprint density at radius 1 is 0.895 bits per heavy atom. The first-order valence-corrected chi connectivity index (χ1v) is 14.7. The lowest BCUT2D eigenvalue weighted by atomic mass is 9.63. The molecule has 1 unspecified atom stereocenters. The van der Waals surface area contributed by atoms with Crippen molar-refractivity contribution in [3.05, 3.63) is 125 Å². The standard InChI is InChI=1S/C33H26N2O2S/c1-20(2)21-16-17-29-28(19-21)35-31-26(13-7-15-30(31)38(29,36)37)33(27-14-8-18-34-32(27)35)24-11-5-3-9-22(24)23-10-4-6-12-25(23)33/h3-5,7-11,13-20H,6,12H2,1-2H3. The summed E-state index contributed by atoms with van der Waals surface area (Å²) in [6.07, 6.45) is 8.21. The summed E-state index contributed by atoms with van der Waals surface area (Å²) in [7, 11) is -3.73. The van der Waals surface area contributed by atoms with E-state index < -0.39 is 15.3 Å². The van der Waals surface area contributed by atoms with Crippen LogP contribution in [0.25, 0.3) is 5.57 Å². The quantitative estimate of drug-likeness (QED) is 0.231. The Labute approximate surface area is 222 Å². The van der Waals surface area contributed by atoms with Crippen LogP contribution in [-0.4, -0.2) is 13.4 Å². The maximum absolute atomic E-state index is 14.2. The monoisotopic (exact) mass is 514 g/mol. The van der Waals surface area contributed by atoms with Gasteiger partial charge in [-0.3, -0.25) is 4.90 Å². The van der Waals surface area contributed by atoms with Crippen molar-refractivity contribution in [2.75, 3.05) is 4.90 Å². The van der Waals surface area contributed by atoms with Gasteiger partial charge in [0.25, 0.3) is 0 Å². The van der Waals surface area contributed by atoms with E-state index in [0.717, 1.165) is 41.0 Å². The molecule has 4 nitrogen and oxygen atoms in total. The molecule has 0 amide bonds. The molecule has 5 heteroatoms. The average molecular weight is 515 g/mol. The van der Waals surface area contributed by atoms with Crippen LogP contribution in [0.3, 0.4) is 0 Å². The van der Waals surface area contributed by atoms with Gasteiger partial charge in [-0.2, -0.15) is 0 Å².